The molecular weight excluding hydrogens is 1600 g/mol. The van der Waals surface area contributed by atoms with Crippen molar-refractivity contribution in [3.63, 3.8) is 0 Å². The van der Waals surface area contributed by atoms with Crippen LogP contribution in [-0.4, -0.2) is 36.5 Å². The van der Waals surface area contributed by atoms with Gasteiger partial charge < -0.3 is 36.5 Å². The highest BCUT2D eigenvalue weighted by molar-refractivity contribution is 6.23. The van der Waals surface area contributed by atoms with Gasteiger partial charge >= 0.3 is 0 Å². The standard InChI is InChI=1S/C37H26N2.2C31H22N2.C25H18N2/c1-25-15-19-29(20-16-25)39-34-13-7-5-11-30(34)32-21-17-27(24-37(32)39)26-18-22-36-33(23-26)31-12-6-8-14-35(31)38(36)28-9-3-2-4-10-28;1-21-10-9-13-23(18-21)33-29-17-8-6-15-25(29)27-19-30-26(20-31(27)33)24-14-5-7-16-28(24)32(30)22-11-3-2-4-12-22;1-21-15-17-23(18-16-21)33-29-14-8-6-12-25(29)27-19-30-26(20-31(27)33)24-11-5-7-13-28(24)32(30)22-9-3-2-4-10-22;1-26-22-13-7-5-11-18(22)20-16-25-21(15-24(20)26)19-12-6-8-14-23(19)27(25)17-9-3-2-4-10-17/h2-24H,1H3;2*2-20H,1H3;2-16H,1H3. The third-order valence-electron chi connectivity index (χ3n) is 27.2. The highest BCUT2D eigenvalue weighted by Gasteiger charge is 2.24. The average molecular weight is 1690 g/mol. The number of aryl methyl sites for hydroxylation is 4. The molecule has 0 amide bonds. The zero-order valence-electron chi connectivity index (χ0n) is 73.5. The fraction of sp³-hybridized carbons (Fsp3) is 0.0323. The lowest BCUT2D eigenvalue weighted by Gasteiger charge is -2.10. The first-order valence-corrected chi connectivity index (χ1v) is 45.5. The number of nitrogens with zero attached hydrogens (tertiary/aromatic N) is 8. The van der Waals surface area contributed by atoms with Crippen molar-refractivity contribution >= 4 is 174 Å². The predicted octanol–water partition coefficient (Wildman–Crippen LogP) is 32.7. The van der Waals surface area contributed by atoms with Crippen molar-refractivity contribution < 1.29 is 0 Å². The number of aromatic nitrogens is 8. The number of fused-ring (bicyclic) bond motifs is 24. The van der Waals surface area contributed by atoms with Crippen LogP contribution in [0.15, 0.2) is 461 Å². The van der Waals surface area contributed by atoms with Gasteiger partial charge in [-0.3, -0.25) is 0 Å². The van der Waals surface area contributed by atoms with E-state index in [0.717, 1.165) is 0 Å². The van der Waals surface area contributed by atoms with E-state index in [1.54, 1.807) is 0 Å². The molecule has 0 aliphatic carbocycles. The average Bonchev–Trinajstić information content (AvgIpc) is 1.55. The monoisotopic (exact) mass is 1690 g/mol. The summed E-state index contributed by atoms with van der Waals surface area (Å²) in [6.07, 6.45) is 0. The van der Waals surface area contributed by atoms with Gasteiger partial charge in [-0.25, -0.2) is 0 Å². The van der Waals surface area contributed by atoms with E-state index >= 15 is 0 Å². The summed E-state index contributed by atoms with van der Waals surface area (Å²) in [7, 11) is 2.16. The molecule has 0 radical (unpaired) electrons. The molecule has 8 nitrogen and oxygen atoms in total. The van der Waals surface area contributed by atoms with Gasteiger partial charge in [0.2, 0.25) is 0 Å². The molecule has 0 atom stereocenters. The fourth-order valence-corrected chi connectivity index (χ4v) is 21.2. The highest BCUT2D eigenvalue weighted by atomic mass is 15.0. The zero-order chi connectivity index (χ0) is 87.8. The van der Waals surface area contributed by atoms with Crippen molar-refractivity contribution in [1.82, 2.24) is 36.5 Å². The van der Waals surface area contributed by atoms with E-state index in [1.807, 2.05) is 0 Å². The summed E-state index contributed by atoms with van der Waals surface area (Å²) in [6.45, 7) is 6.43. The molecule has 132 heavy (non-hydrogen) atoms. The molecule has 0 aliphatic heterocycles. The zero-order valence-corrected chi connectivity index (χ0v) is 73.5. The first-order chi connectivity index (χ1) is 65.2. The van der Waals surface area contributed by atoms with Gasteiger partial charge in [0.1, 0.15) is 0 Å². The molecule has 8 heterocycles. The number of benzene rings is 20. The van der Waals surface area contributed by atoms with Crippen LogP contribution in [0.25, 0.3) is 225 Å². The van der Waals surface area contributed by atoms with Gasteiger partial charge in [0, 0.05) is 144 Å². The predicted molar refractivity (Wildman–Crippen MR) is 560 cm³/mol. The van der Waals surface area contributed by atoms with Gasteiger partial charge in [0.05, 0.1) is 77.2 Å². The Morgan fingerprint density at radius 1 is 0.121 bits per heavy atom. The Kier molecular flexibility index (Phi) is 18.3. The molecule has 0 bridgehead atoms. The summed E-state index contributed by atoms with van der Waals surface area (Å²) < 4.78 is 19.0. The van der Waals surface area contributed by atoms with E-state index in [-0.39, 0.29) is 0 Å². The number of para-hydroxylation sites is 12. The molecule has 8 heteroatoms. The third-order valence-corrected chi connectivity index (χ3v) is 27.2. The van der Waals surface area contributed by atoms with Crippen molar-refractivity contribution in [3.05, 3.63) is 478 Å². The normalized spacial score (nSPS) is 11.8. The fourth-order valence-electron chi connectivity index (χ4n) is 21.2. The van der Waals surface area contributed by atoms with Gasteiger partial charge in [-0.2, -0.15) is 0 Å². The van der Waals surface area contributed by atoms with Gasteiger partial charge in [-0.05, 0) is 226 Å². The molecule has 0 fully saturated rings. The molecule has 0 N–H and O–H groups in total. The second kappa shape index (κ2) is 31.4. The maximum Gasteiger partial charge on any atom is 0.0548 e. The van der Waals surface area contributed by atoms with Crippen molar-refractivity contribution in [2.24, 2.45) is 7.05 Å². The Hall–Kier alpha value is -17.2. The van der Waals surface area contributed by atoms with Crippen molar-refractivity contribution in [2.45, 2.75) is 20.8 Å². The van der Waals surface area contributed by atoms with E-state index in [9.17, 15) is 0 Å². The number of hydrogen-bond acceptors (Lipinski definition) is 0. The smallest absolute Gasteiger partial charge is 0.0548 e. The first-order valence-electron chi connectivity index (χ1n) is 45.5. The minimum atomic E-state index is 1.18. The van der Waals surface area contributed by atoms with Crippen LogP contribution >= 0.6 is 0 Å². The quantitative estimate of drug-likeness (QED) is 0.145. The maximum atomic E-state index is 2.41. The Morgan fingerprint density at radius 2 is 0.341 bits per heavy atom. The molecule has 8 aromatic heterocycles. The van der Waals surface area contributed by atoms with Crippen molar-refractivity contribution in [3.8, 4) is 50.9 Å². The van der Waals surface area contributed by atoms with Crippen LogP contribution in [0.2, 0.25) is 0 Å². The molecule has 624 valence electrons. The summed E-state index contributed by atoms with van der Waals surface area (Å²) in [5.74, 6) is 0. The van der Waals surface area contributed by atoms with Crippen LogP contribution in [0.5, 0.6) is 0 Å². The summed E-state index contributed by atoms with van der Waals surface area (Å²) >= 11 is 0. The molecule has 28 rings (SSSR count). The molecule has 0 spiro atoms. The van der Waals surface area contributed by atoms with Crippen LogP contribution in [-0.2, 0) is 7.05 Å². The Balaban J connectivity index is 0.0000000952. The number of hydrogen-bond donors (Lipinski definition) is 0. The molecule has 0 aliphatic rings. The van der Waals surface area contributed by atoms with Gasteiger partial charge in [-0.1, -0.05) is 284 Å². The SMILES string of the molecule is Cc1ccc(-n2c3ccccc3c3cc4c(cc32)c2ccccc2n4-c2ccccc2)cc1.Cc1ccc(-n2c3ccccc3c3ccc(-c4ccc5c(c4)c4ccccc4n5-c4ccccc4)cc32)cc1.Cc1cccc(-n2c3ccccc3c3cc4c(cc32)c2ccccc2n4-c2ccccc2)c1.Cn1c2ccccc2c2cc3c(cc21)c1ccccc1n3-c1ccccc1. The van der Waals surface area contributed by atoms with Crippen LogP contribution in [0.1, 0.15) is 16.7 Å². The summed E-state index contributed by atoms with van der Waals surface area (Å²) in [4.78, 5) is 0. The van der Waals surface area contributed by atoms with E-state index in [1.165, 1.54) is 242 Å². The number of rotatable bonds is 8. The lowest BCUT2D eigenvalue weighted by atomic mass is 10.0. The minimum absolute atomic E-state index is 1.18. The van der Waals surface area contributed by atoms with Crippen LogP contribution in [0.4, 0.5) is 0 Å². The Labute approximate surface area is 762 Å². The van der Waals surface area contributed by atoms with Gasteiger partial charge in [0.25, 0.3) is 0 Å². The van der Waals surface area contributed by atoms with Crippen molar-refractivity contribution in [2.75, 3.05) is 0 Å². The summed E-state index contributed by atoms with van der Waals surface area (Å²) in [5.41, 5.74) is 34.4. The summed E-state index contributed by atoms with van der Waals surface area (Å²) in [5, 5.41) is 20.5. The Morgan fingerprint density at radius 3 is 0.682 bits per heavy atom. The van der Waals surface area contributed by atoms with E-state index in [4.69, 9.17) is 0 Å². The third kappa shape index (κ3) is 12.6. The van der Waals surface area contributed by atoms with E-state index in [0.29, 0.717) is 0 Å². The van der Waals surface area contributed by atoms with Gasteiger partial charge in [0.15, 0.2) is 0 Å². The second-order valence-corrected chi connectivity index (χ2v) is 35.0. The lowest BCUT2D eigenvalue weighted by Crippen LogP contribution is -1.94. The van der Waals surface area contributed by atoms with Crippen molar-refractivity contribution in [1.29, 1.82) is 0 Å². The molecule has 0 unspecified atom stereocenters. The maximum absolute atomic E-state index is 2.41. The van der Waals surface area contributed by atoms with Crippen LogP contribution in [0, 0.1) is 20.8 Å². The summed E-state index contributed by atoms with van der Waals surface area (Å²) in [6, 6.07) is 167. The topological polar surface area (TPSA) is 39.4 Å². The first kappa shape index (κ1) is 77.2. The molecule has 20 aromatic carbocycles. The Bertz CT molecular complexity index is 9420. The second-order valence-electron chi connectivity index (χ2n) is 35.0. The lowest BCUT2D eigenvalue weighted by molar-refractivity contribution is 1.02. The highest BCUT2D eigenvalue weighted by Crippen LogP contribution is 2.46. The molecule has 0 saturated heterocycles. The van der Waals surface area contributed by atoms with Gasteiger partial charge in [-0.15, -0.1) is 0 Å². The van der Waals surface area contributed by atoms with E-state index in [2.05, 4.69) is 525 Å². The molecular formula is C124H88N8. The van der Waals surface area contributed by atoms with E-state index < -0.39 is 0 Å². The molecule has 28 aromatic rings. The largest absolute Gasteiger partial charge is 0.344 e. The molecule has 0 saturated carbocycles. The van der Waals surface area contributed by atoms with Crippen LogP contribution in [0.3, 0.4) is 0 Å². The minimum Gasteiger partial charge on any atom is -0.344 e. The van der Waals surface area contributed by atoms with Crippen LogP contribution < -0.4 is 0 Å².